The molecule has 2 rings (SSSR count). The molecule has 1 aliphatic heterocycles. The summed E-state index contributed by atoms with van der Waals surface area (Å²) in [6.07, 6.45) is 4.74. The van der Waals surface area contributed by atoms with E-state index >= 15 is 0 Å². The van der Waals surface area contributed by atoms with Crippen LogP contribution in [0.25, 0.3) is 0 Å². The number of amides is 1. The first-order valence-corrected chi connectivity index (χ1v) is 10.1. The molecule has 3 atom stereocenters. The molecule has 0 spiro atoms. The van der Waals surface area contributed by atoms with Crippen LogP contribution in [-0.2, 0) is 4.79 Å². The first kappa shape index (κ1) is 19.4. The van der Waals surface area contributed by atoms with E-state index in [1.54, 1.807) is 16.7 Å². The first-order chi connectivity index (χ1) is 11.4. The van der Waals surface area contributed by atoms with Gasteiger partial charge in [-0.3, -0.25) is 9.79 Å². The van der Waals surface area contributed by atoms with E-state index in [4.69, 9.17) is 0 Å². The number of nitrogens with zero attached hydrogens (tertiary/aromatic N) is 2. The molecule has 0 radical (unpaired) electrons. The normalized spacial score (nSPS) is 30.9. The standard InChI is InChI=1S/C17H32N4O2S/c1-4-18-16(19-11-17(23)8-9-24-12-17)20-14-7-5-6-13(10-14)15(22)21(2)3/h13-14,23H,4-12H2,1-3H3,(H2,18,19,20). The van der Waals surface area contributed by atoms with Crippen LogP contribution in [0.3, 0.4) is 0 Å². The predicted octanol–water partition coefficient (Wildman–Crippen LogP) is 1.06. The fourth-order valence-electron chi connectivity index (χ4n) is 3.37. The number of carbonyl (C=O) groups excluding carboxylic acids is 1. The zero-order chi connectivity index (χ0) is 17.6. The molecule has 1 aliphatic carbocycles. The minimum Gasteiger partial charge on any atom is -0.387 e. The van der Waals surface area contributed by atoms with Crippen molar-refractivity contribution in [3.8, 4) is 0 Å². The number of hydrogen-bond donors (Lipinski definition) is 3. The van der Waals surface area contributed by atoms with Gasteiger partial charge in [-0.25, -0.2) is 0 Å². The molecule has 1 heterocycles. The number of rotatable bonds is 5. The Hall–Kier alpha value is -0.950. The third-order valence-corrected chi connectivity index (χ3v) is 6.00. The Morgan fingerprint density at radius 3 is 2.83 bits per heavy atom. The molecule has 24 heavy (non-hydrogen) atoms. The molecule has 7 heteroatoms. The van der Waals surface area contributed by atoms with Crippen molar-refractivity contribution in [2.24, 2.45) is 10.9 Å². The van der Waals surface area contributed by atoms with E-state index in [1.807, 2.05) is 21.0 Å². The summed E-state index contributed by atoms with van der Waals surface area (Å²) in [5, 5.41) is 17.2. The quantitative estimate of drug-likeness (QED) is 0.507. The molecule has 2 aliphatic rings. The third-order valence-electron chi connectivity index (χ3n) is 4.76. The molecule has 138 valence electrons. The predicted molar refractivity (Wildman–Crippen MR) is 100 cm³/mol. The largest absolute Gasteiger partial charge is 0.387 e. The van der Waals surface area contributed by atoms with E-state index in [9.17, 15) is 9.90 Å². The van der Waals surface area contributed by atoms with E-state index in [-0.39, 0.29) is 17.9 Å². The Kier molecular flexibility index (Phi) is 7.22. The highest BCUT2D eigenvalue weighted by Crippen LogP contribution is 2.28. The van der Waals surface area contributed by atoms with Gasteiger partial charge in [-0.15, -0.1) is 0 Å². The van der Waals surface area contributed by atoms with Crippen LogP contribution in [0.15, 0.2) is 4.99 Å². The Labute approximate surface area is 149 Å². The number of thioether (sulfide) groups is 1. The highest BCUT2D eigenvalue weighted by Gasteiger charge is 2.32. The van der Waals surface area contributed by atoms with E-state index < -0.39 is 5.60 Å². The maximum atomic E-state index is 12.2. The summed E-state index contributed by atoms with van der Waals surface area (Å²) in [5.74, 6) is 2.85. The monoisotopic (exact) mass is 356 g/mol. The summed E-state index contributed by atoms with van der Waals surface area (Å²) in [7, 11) is 3.65. The lowest BCUT2D eigenvalue weighted by Crippen LogP contribution is -2.47. The molecule has 2 fully saturated rings. The first-order valence-electron chi connectivity index (χ1n) is 8.99. The Morgan fingerprint density at radius 2 is 2.21 bits per heavy atom. The van der Waals surface area contributed by atoms with Crippen LogP contribution in [0.1, 0.15) is 39.0 Å². The van der Waals surface area contributed by atoms with Crippen molar-refractivity contribution in [3.05, 3.63) is 0 Å². The molecular weight excluding hydrogens is 324 g/mol. The van der Waals surface area contributed by atoms with Crippen molar-refractivity contribution in [2.45, 2.75) is 50.7 Å². The van der Waals surface area contributed by atoms with E-state index in [1.165, 1.54) is 0 Å². The molecule has 0 bridgehead atoms. The average molecular weight is 357 g/mol. The van der Waals surface area contributed by atoms with E-state index in [0.717, 1.165) is 56.1 Å². The topological polar surface area (TPSA) is 77.0 Å². The molecule has 3 unspecified atom stereocenters. The number of hydrogen-bond acceptors (Lipinski definition) is 4. The van der Waals surface area contributed by atoms with Gasteiger partial charge in [-0.2, -0.15) is 11.8 Å². The van der Waals surface area contributed by atoms with Gasteiger partial charge in [0.05, 0.1) is 12.1 Å². The molecule has 0 aromatic heterocycles. The molecule has 6 nitrogen and oxygen atoms in total. The van der Waals surface area contributed by atoms with Crippen LogP contribution in [0.4, 0.5) is 0 Å². The number of aliphatic hydroxyl groups is 1. The summed E-state index contributed by atoms with van der Waals surface area (Å²) in [6.45, 7) is 3.25. The molecule has 1 saturated carbocycles. The summed E-state index contributed by atoms with van der Waals surface area (Å²) < 4.78 is 0. The lowest BCUT2D eigenvalue weighted by atomic mass is 9.85. The Balaban J connectivity index is 1.92. The van der Waals surface area contributed by atoms with Gasteiger partial charge in [-0.05, 0) is 38.4 Å². The van der Waals surface area contributed by atoms with Crippen molar-refractivity contribution in [1.29, 1.82) is 0 Å². The fraction of sp³-hybridized carbons (Fsp3) is 0.882. The van der Waals surface area contributed by atoms with Crippen molar-refractivity contribution < 1.29 is 9.90 Å². The SMILES string of the molecule is CCNC(=NCC1(O)CCSC1)NC1CCCC(C(=O)N(C)C)C1. The Morgan fingerprint density at radius 1 is 1.42 bits per heavy atom. The third kappa shape index (κ3) is 5.55. The minimum absolute atomic E-state index is 0.101. The summed E-state index contributed by atoms with van der Waals surface area (Å²) >= 11 is 1.79. The van der Waals surface area contributed by atoms with Crippen LogP contribution in [0, 0.1) is 5.92 Å². The number of aliphatic imine (C=N–C) groups is 1. The van der Waals surface area contributed by atoms with Gasteiger partial charge >= 0.3 is 0 Å². The lowest BCUT2D eigenvalue weighted by molar-refractivity contribution is -0.134. The molecule has 0 aromatic rings. The van der Waals surface area contributed by atoms with Gasteiger partial charge in [0.2, 0.25) is 5.91 Å². The van der Waals surface area contributed by atoms with Gasteiger partial charge in [0.25, 0.3) is 0 Å². The second-order valence-corrected chi connectivity index (χ2v) is 8.26. The summed E-state index contributed by atoms with van der Waals surface area (Å²) in [4.78, 5) is 18.5. The second-order valence-electron chi connectivity index (χ2n) is 7.16. The van der Waals surface area contributed by atoms with Crippen LogP contribution in [0.2, 0.25) is 0 Å². The summed E-state index contributed by atoms with van der Waals surface area (Å²) in [5.41, 5.74) is -0.664. The zero-order valence-electron chi connectivity index (χ0n) is 15.2. The smallest absolute Gasteiger partial charge is 0.225 e. The van der Waals surface area contributed by atoms with Gasteiger partial charge in [0, 0.05) is 38.4 Å². The number of carbonyl (C=O) groups is 1. The van der Waals surface area contributed by atoms with Gasteiger partial charge in [0.1, 0.15) is 0 Å². The van der Waals surface area contributed by atoms with Crippen molar-refractivity contribution in [1.82, 2.24) is 15.5 Å². The van der Waals surface area contributed by atoms with Crippen molar-refractivity contribution >= 4 is 23.6 Å². The van der Waals surface area contributed by atoms with E-state index in [0.29, 0.717) is 6.54 Å². The highest BCUT2D eigenvalue weighted by atomic mass is 32.2. The van der Waals surface area contributed by atoms with Crippen LogP contribution in [0.5, 0.6) is 0 Å². The molecule has 3 N–H and O–H groups in total. The van der Waals surface area contributed by atoms with Gasteiger partial charge in [0.15, 0.2) is 5.96 Å². The highest BCUT2D eigenvalue weighted by molar-refractivity contribution is 7.99. The van der Waals surface area contributed by atoms with Crippen LogP contribution in [-0.4, -0.2) is 72.2 Å². The molecular formula is C17H32N4O2S. The average Bonchev–Trinajstić information content (AvgIpc) is 2.99. The lowest BCUT2D eigenvalue weighted by Gasteiger charge is -2.31. The maximum absolute atomic E-state index is 12.2. The summed E-state index contributed by atoms with van der Waals surface area (Å²) in [6, 6.07) is 0.262. The fourth-order valence-corrected chi connectivity index (χ4v) is 4.66. The number of guanidine groups is 1. The minimum atomic E-state index is -0.664. The van der Waals surface area contributed by atoms with E-state index in [2.05, 4.69) is 15.6 Å². The maximum Gasteiger partial charge on any atom is 0.225 e. The number of nitrogens with one attached hydrogen (secondary N) is 2. The van der Waals surface area contributed by atoms with Gasteiger partial charge in [-0.1, -0.05) is 6.42 Å². The molecule has 0 aromatic carbocycles. The molecule has 1 saturated heterocycles. The zero-order valence-corrected chi connectivity index (χ0v) is 16.0. The molecule has 1 amide bonds. The second kappa shape index (κ2) is 8.94. The van der Waals surface area contributed by atoms with Crippen LogP contribution >= 0.6 is 11.8 Å². The van der Waals surface area contributed by atoms with Gasteiger partial charge < -0.3 is 20.6 Å². The van der Waals surface area contributed by atoms with Crippen molar-refractivity contribution in [2.75, 3.05) is 38.7 Å². The van der Waals surface area contributed by atoms with Crippen LogP contribution < -0.4 is 10.6 Å². The Bertz CT molecular complexity index is 450. The van der Waals surface area contributed by atoms with Crippen molar-refractivity contribution in [3.63, 3.8) is 0 Å².